The average molecular weight is 459 g/mol. The van der Waals surface area contributed by atoms with Crippen molar-refractivity contribution < 1.29 is 23.8 Å². The fraction of sp³-hybridized carbons (Fsp3) is 0.333. The topological polar surface area (TPSA) is 78.8 Å². The number of nitrogens with zero attached hydrogens (tertiary/aromatic N) is 1. The van der Waals surface area contributed by atoms with Gasteiger partial charge in [0.2, 0.25) is 0 Å². The summed E-state index contributed by atoms with van der Waals surface area (Å²) in [5.74, 6) is -1.84. The van der Waals surface area contributed by atoms with Crippen molar-refractivity contribution in [3.63, 3.8) is 0 Å². The van der Waals surface area contributed by atoms with E-state index < -0.39 is 17.9 Å². The van der Waals surface area contributed by atoms with Gasteiger partial charge in [-0.2, -0.15) is 0 Å². The maximum absolute atomic E-state index is 13.1. The molecular weight excluding hydrogens is 432 g/mol. The van der Waals surface area contributed by atoms with Crippen LogP contribution >= 0.6 is 11.6 Å². The van der Waals surface area contributed by atoms with Crippen LogP contribution in [0, 0.1) is 0 Å². The molecule has 0 fully saturated rings. The molecule has 0 amide bonds. The molecule has 2 aromatic rings. The standard InChI is InChI=1S/C24H27ClN2O5/c1-4-32-24(29)22-19(15-31-14-13-27-11-7-8-12-27)26-16(2)20(23(28)30-3)21(22)17-9-5-6-10-18(17)25/h5-12,21,26H,4,13-15H2,1-3H3. The Bertz CT molecular complexity index is 1030. The van der Waals surface area contributed by atoms with Gasteiger partial charge in [-0.3, -0.25) is 0 Å². The predicted octanol–water partition coefficient (Wildman–Crippen LogP) is 3.81. The van der Waals surface area contributed by atoms with Crippen molar-refractivity contribution in [3.8, 4) is 0 Å². The highest BCUT2D eigenvalue weighted by molar-refractivity contribution is 6.31. The minimum atomic E-state index is -0.750. The monoisotopic (exact) mass is 458 g/mol. The molecule has 1 unspecified atom stereocenters. The van der Waals surface area contributed by atoms with Crippen molar-refractivity contribution >= 4 is 23.5 Å². The number of nitrogens with one attached hydrogen (secondary N) is 1. The lowest BCUT2D eigenvalue weighted by Gasteiger charge is -2.31. The number of halogens is 1. The van der Waals surface area contributed by atoms with Gasteiger partial charge in [0.15, 0.2) is 0 Å². The van der Waals surface area contributed by atoms with E-state index in [9.17, 15) is 9.59 Å². The van der Waals surface area contributed by atoms with Crippen molar-refractivity contribution in [2.24, 2.45) is 0 Å². The Morgan fingerprint density at radius 2 is 1.81 bits per heavy atom. The van der Waals surface area contributed by atoms with Crippen molar-refractivity contribution in [2.75, 3.05) is 26.9 Å². The molecule has 1 aromatic heterocycles. The number of methoxy groups -OCH3 is 1. The number of esters is 2. The lowest BCUT2D eigenvalue weighted by molar-refractivity contribution is -0.139. The van der Waals surface area contributed by atoms with Crippen LogP contribution in [-0.2, 0) is 30.3 Å². The van der Waals surface area contributed by atoms with Crippen LogP contribution in [-0.4, -0.2) is 43.4 Å². The molecule has 1 atom stereocenters. The SMILES string of the molecule is CCOC(=O)C1=C(COCCn2cccc2)NC(C)=C(C(=O)OC)C1c1ccccc1Cl. The number of carbonyl (C=O) groups is 2. The van der Waals surface area contributed by atoms with Gasteiger partial charge in [0.05, 0.1) is 49.7 Å². The first kappa shape index (κ1) is 23.6. The Balaban J connectivity index is 2.00. The summed E-state index contributed by atoms with van der Waals surface area (Å²) in [6.45, 7) is 4.94. The second kappa shape index (κ2) is 11.0. The first-order chi connectivity index (χ1) is 15.5. The molecule has 1 aliphatic rings. The molecule has 0 bridgehead atoms. The molecule has 1 N–H and O–H groups in total. The van der Waals surface area contributed by atoms with E-state index in [1.807, 2.05) is 35.2 Å². The molecule has 170 valence electrons. The van der Waals surface area contributed by atoms with Gasteiger partial charge in [0, 0.05) is 29.7 Å². The highest BCUT2D eigenvalue weighted by atomic mass is 35.5. The van der Waals surface area contributed by atoms with Crippen LogP contribution in [0.2, 0.25) is 5.02 Å². The molecule has 0 saturated heterocycles. The van der Waals surface area contributed by atoms with Crippen LogP contribution < -0.4 is 5.32 Å². The van der Waals surface area contributed by atoms with Crippen molar-refractivity contribution in [3.05, 3.63) is 81.9 Å². The first-order valence-corrected chi connectivity index (χ1v) is 10.7. The third-order valence-corrected chi connectivity index (χ3v) is 5.51. The molecule has 1 aromatic carbocycles. The van der Waals surface area contributed by atoms with Crippen LogP contribution in [0.15, 0.2) is 71.3 Å². The number of dihydropyridines is 1. The quantitative estimate of drug-likeness (QED) is 0.454. The summed E-state index contributed by atoms with van der Waals surface area (Å²) in [5, 5.41) is 3.60. The summed E-state index contributed by atoms with van der Waals surface area (Å²) >= 11 is 6.49. The average Bonchev–Trinajstić information content (AvgIpc) is 3.30. The molecule has 0 spiro atoms. The zero-order valence-electron chi connectivity index (χ0n) is 18.4. The fourth-order valence-corrected chi connectivity index (χ4v) is 3.97. The number of hydrogen-bond acceptors (Lipinski definition) is 6. The van der Waals surface area contributed by atoms with E-state index in [0.717, 1.165) is 0 Å². The largest absolute Gasteiger partial charge is 0.466 e. The highest BCUT2D eigenvalue weighted by Gasteiger charge is 2.39. The normalized spacial score (nSPS) is 16.1. The number of carbonyl (C=O) groups excluding carboxylic acids is 2. The van der Waals surface area contributed by atoms with E-state index in [-0.39, 0.29) is 18.8 Å². The third-order valence-electron chi connectivity index (χ3n) is 5.17. The molecule has 0 saturated carbocycles. The molecule has 0 radical (unpaired) electrons. The second-order valence-corrected chi connectivity index (χ2v) is 7.60. The van der Waals surface area contributed by atoms with E-state index in [2.05, 4.69) is 5.32 Å². The number of ether oxygens (including phenoxy) is 3. The fourth-order valence-electron chi connectivity index (χ4n) is 3.72. The lowest BCUT2D eigenvalue weighted by Crippen LogP contribution is -2.35. The summed E-state index contributed by atoms with van der Waals surface area (Å²) in [5.41, 5.74) is 2.31. The van der Waals surface area contributed by atoms with Crippen LogP contribution in [0.5, 0.6) is 0 Å². The number of aromatic nitrogens is 1. The van der Waals surface area contributed by atoms with E-state index in [1.54, 1.807) is 32.0 Å². The van der Waals surface area contributed by atoms with Crippen molar-refractivity contribution in [1.82, 2.24) is 9.88 Å². The minimum absolute atomic E-state index is 0.141. The van der Waals surface area contributed by atoms with Gasteiger partial charge in [-0.1, -0.05) is 29.8 Å². The van der Waals surface area contributed by atoms with Gasteiger partial charge in [-0.15, -0.1) is 0 Å². The Hall–Kier alpha value is -3.03. The third kappa shape index (κ3) is 5.23. The van der Waals surface area contributed by atoms with E-state index in [0.29, 0.717) is 40.7 Å². The zero-order chi connectivity index (χ0) is 23.1. The summed E-state index contributed by atoms with van der Waals surface area (Å²) < 4.78 is 18.2. The lowest BCUT2D eigenvalue weighted by atomic mass is 9.80. The van der Waals surface area contributed by atoms with Gasteiger partial charge in [0.1, 0.15) is 0 Å². The summed E-state index contributed by atoms with van der Waals surface area (Å²) in [6.07, 6.45) is 3.91. The van der Waals surface area contributed by atoms with Crippen LogP contribution in [0.1, 0.15) is 25.3 Å². The summed E-state index contributed by atoms with van der Waals surface area (Å²) in [4.78, 5) is 25.8. The van der Waals surface area contributed by atoms with Crippen molar-refractivity contribution in [2.45, 2.75) is 26.3 Å². The van der Waals surface area contributed by atoms with Crippen molar-refractivity contribution in [1.29, 1.82) is 0 Å². The number of hydrogen-bond donors (Lipinski definition) is 1. The Morgan fingerprint density at radius 3 is 2.47 bits per heavy atom. The minimum Gasteiger partial charge on any atom is -0.466 e. The van der Waals surface area contributed by atoms with E-state index in [4.69, 9.17) is 25.8 Å². The smallest absolute Gasteiger partial charge is 0.336 e. The summed E-state index contributed by atoms with van der Waals surface area (Å²) in [6, 6.07) is 11.0. The first-order valence-electron chi connectivity index (χ1n) is 10.4. The van der Waals surface area contributed by atoms with Crippen LogP contribution in [0.25, 0.3) is 0 Å². The summed E-state index contributed by atoms with van der Waals surface area (Å²) in [7, 11) is 1.31. The Morgan fingerprint density at radius 1 is 1.09 bits per heavy atom. The maximum atomic E-state index is 13.1. The van der Waals surface area contributed by atoms with Gasteiger partial charge in [-0.05, 0) is 37.6 Å². The van der Waals surface area contributed by atoms with E-state index in [1.165, 1.54) is 7.11 Å². The Kier molecular flexibility index (Phi) is 8.14. The van der Waals surface area contributed by atoms with E-state index >= 15 is 0 Å². The van der Waals surface area contributed by atoms with Gasteiger partial charge >= 0.3 is 11.9 Å². The van der Waals surface area contributed by atoms with Gasteiger partial charge in [0.25, 0.3) is 0 Å². The van der Waals surface area contributed by atoms with Crippen LogP contribution in [0.3, 0.4) is 0 Å². The van der Waals surface area contributed by atoms with Gasteiger partial charge in [-0.25, -0.2) is 9.59 Å². The molecule has 3 rings (SSSR count). The Labute approximate surface area is 192 Å². The van der Waals surface area contributed by atoms with Gasteiger partial charge < -0.3 is 24.1 Å². The predicted molar refractivity (Wildman–Crippen MR) is 121 cm³/mol. The molecule has 32 heavy (non-hydrogen) atoms. The van der Waals surface area contributed by atoms with Crippen LogP contribution in [0.4, 0.5) is 0 Å². The maximum Gasteiger partial charge on any atom is 0.336 e. The number of allylic oxidation sites excluding steroid dienone is 1. The molecule has 0 aliphatic carbocycles. The molecular formula is C24H27ClN2O5. The zero-order valence-corrected chi connectivity index (χ0v) is 19.1. The molecule has 8 heteroatoms. The molecule has 2 heterocycles. The number of benzene rings is 1. The number of rotatable bonds is 9. The molecule has 7 nitrogen and oxygen atoms in total. The molecule has 1 aliphatic heterocycles. The highest BCUT2D eigenvalue weighted by Crippen LogP contribution is 2.41. The second-order valence-electron chi connectivity index (χ2n) is 7.20.